The summed E-state index contributed by atoms with van der Waals surface area (Å²) < 4.78 is 1.82. The number of carbonyl (C=O) groups excluding carboxylic acids is 2. The van der Waals surface area contributed by atoms with E-state index in [9.17, 15) is 9.59 Å². The number of likely N-dealkylation sites (N-methyl/N-ethyl adjacent to an activating group) is 1. The Morgan fingerprint density at radius 3 is 2.64 bits per heavy atom. The lowest BCUT2D eigenvalue weighted by Crippen LogP contribution is -2.24. The molecule has 1 N–H and O–H groups in total. The minimum absolute atomic E-state index is 0.0655. The van der Waals surface area contributed by atoms with Gasteiger partial charge in [0.25, 0.3) is 0 Å². The molecule has 1 amide bonds. The number of rotatable bonds is 3. The van der Waals surface area contributed by atoms with E-state index in [0.717, 1.165) is 17.7 Å². The Morgan fingerprint density at radius 1 is 1.57 bits per heavy atom. The van der Waals surface area contributed by atoms with E-state index in [1.807, 2.05) is 18.4 Å². The third kappa shape index (κ3) is 1.84. The fourth-order valence-corrected chi connectivity index (χ4v) is 1.41. The van der Waals surface area contributed by atoms with Crippen molar-refractivity contribution in [3.8, 4) is 0 Å². The number of nitrogens with zero attached hydrogens (tertiary/aromatic N) is 1. The minimum atomic E-state index is -0.0655. The second-order valence-corrected chi connectivity index (χ2v) is 3.20. The molecule has 4 nitrogen and oxygen atoms in total. The molecule has 1 aromatic rings. The molecule has 0 aliphatic rings. The Labute approximate surface area is 82.9 Å². The lowest BCUT2D eigenvalue weighted by atomic mass is 10.3. The van der Waals surface area contributed by atoms with Crippen LogP contribution in [0, 0.1) is 13.8 Å². The summed E-state index contributed by atoms with van der Waals surface area (Å²) in [7, 11) is 1.59. The molecular formula is C10H14N2O2. The molecule has 76 valence electrons. The first-order valence-electron chi connectivity index (χ1n) is 4.42. The smallest absolute Gasteiger partial charge is 0.239 e. The van der Waals surface area contributed by atoms with Gasteiger partial charge in [-0.25, -0.2) is 0 Å². The first kappa shape index (κ1) is 10.5. The van der Waals surface area contributed by atoms with Crippen LogP contribution < -0.4 is 5.32 Å². The maximum absolute atomic E-state index is 11.2. The Balaban J connectivity index is 3.02. The third-order valence-corrected chi connectivity index (χ3v) is 2.32. The molecule has 1 rings (SSSR count). The molecule has 0 radical (unpaired) electrons. The number of hydrogen-bond acceptors (Lipinski definition) is 2. The normalized spacial score (nSPS) is 9.93. The summed E-state index contributed by atoms with van der Waals surface area (Å²) in [6.45, 7) is 3.98. The highest BCUT2D eigenvalue weighted by molar-refractivity contribution is 5.79. The van der Waals surface area contributed by atoms with Crippen LogP contribution in [0.5, 0.6) is 0 Å². The fourth-order valence-electron chi connectivity index (χ4n) is 1.41. The topological polar surface area (TPSA) is 51.1 Å². The molecule has 1 heterocycles. The molecule has 0 bridgehead atoms. The van der Waals surface area contributed by atoms with E-state index in [-0.39, 0.29) is 12.5 Å². The van der Waals surface area contributed by atoms with Gasteiger partial charge in [0.05, 0.1) is 0 Å². The van der Waals surface area contributed by atoms with E-state index >= 15 is 0 Å². The van der Waals surface area contributed by atoms with Gasteiger partial charge in [-0.15, -0.1) is 0 Å². The molecule has 0 aliphatic carbocycles. The number of aryl methyl sites for hydroxylation is 1. The Morgan fingerprint density at radius 2 is 2.21 bits per heavy atom. The van der Waals surface area contributed by atoms with Gasteiger partial charge in [-0.05, 0) is 19.9 Å². The standard InChI is InChI=1S/C10H14N2O2/c1-7-4-9(6-13)8(2)12(7)5-10(14)11-3/h4,6H,5H2,1-3H3,(H,11,14). The minimum Gasteiger partial charge on any atom is -0.358 e. The van der Waals surface area contributed by atoms with E-state index in [4.69, 9.17) is 0 Å². The monoisotopic (exact) mass is 194 g/mol. The molecule has 0 saturated heterocycles. The van der Waals surface area contributed by atoms with E-state index in [2.05, 4.69) is 5.32 Å². The number of aromatic nitrogens is 1. The second-order valence-electron chi connectivity index (χ2n) is 3.20. The van der Waals surface area contributed by atoms with Crippen molar-refractivity contribution in [2.45, 2.75) is 20.4 Å². The van der Waals surface area contributed by atoms with Crippen molar-refractivity contribution in [2.24, 2.45) is 0 Å². The van der Waals surface area contributed by atoms with E-state index in [1.54, 1.807) is 13.1 Å². The zero-order valence-corrected chi connectivity index (χ0v) is 8.63. The van der Waals surface area contributed by atoms with Crippen molar-refractivity contribution in [1.29, 1.82) is 0 Å². The van der Waals surface area contributed by atoms with Gasteiger partial charge in [0.1, 0.15) is 6.54 Å². The molecule has 14 heavy (non-hydrogen) atoms. The van der Waals surface area contributed by atoms with Gasteiger partial charge in [-0.3, -0.25) is 9.59 Å². The highest BCUT2D eigenvalue weighted by atomic mass is 16.1. The van der Waals surface area contributed by atoms with Gasteiger partial charge in [-0.2, -0.15) is 0 Å². The van der Waals surface area contributed by atoms with Crippen molar-refractivity contribution in [1.82, 2.24) is 9.88 Å². The van der Waals surface area contributed by atoms with Crippen LogP contribution in [0.2, 0.25) is 0 Å². The molecule has 4 heteroatoms. The molecule has 0 spiro atoms. The van der Waals surface area contributed by atoms with Crippen LogP contribution >= 0.6 is 0 Å². The van der Waals surface area contributed by atoms with Gasteiger partial charge in [0.15, 0.2) is 6.29 Å². The highest BCUT2D eigenvalue weighted by Gasteiger charge is 2.10. The lowest BCUT2D eigenvalue weighted by molar-refractivity contribution is -0.121. The van der Waals surface area contributed by atoms with Crippen LogP contribution in [0.3, 0.4) is 0 Å². The van der Waals surface area contributed by atoms with E-state index in [1.165, 1.54) is 0 Å². The van der Waals surface area contributed by atoms with Crippen molar-refractivity contribution >= 4 is 12.2 Å². The molecule has 0 aliphatic heterocycles. The zero-order valence-electron chi connectivity index (χ0n) is 8.63. The molecular weight excluding hydrogens is 180 g/mol. The largest absolute Gasteiger partial charge is 0.358 e. The van der Waals surface area contributed by atoms with E-state index < -0.39 is 0 Å². The van der Waals surface area contributed by atoms with Crippen LogP contribution in [0.1, 0.15) is 21.7 Å². The number of carbonyl (C=O) groups is 2. The summed E-state index contributed by atoms with van der Waals surface area (Å²) in [4.78, 5) is 21.8. The van der Waals surface area contributed by atoms with Crippen molar-refractivity contribution in [3.05, 3.63) is 23.0 Å². The Bertz CT molecular complexity index is 366. The average molecular weight is 194 g/mol. The Kier molecular flexibility index (Phi) is 3.06. The summed E-state index contributed by atoms with van der Waals surface area (Å²) >= 11 is 0. The SMILES string of the molecule is CNC(=O)Cn1c(C)cc(C=O)c1C. The Hall–Kier alpha value is -1.58. The molecule has 0 fully saturated rings. The lowest BCUT2D eigenvalue weighted by Gasteiger charge is -2.07. The molecule has 0 aromatic carbocycles. The summed E-state index contributed by atoms with van der Waals surface area (Å²) in [6, 6.07) is 1.78. The second kappa shape index (κ2) is 4.09. The summed E-state index contributed by atoms with van der Waals surface area (Å²) in [5.74, 6) is -0.0655. The average Bonchev–Trinajstić information content (AvgIpc) is 2.44. The quantitative estimate of drug-likeness (QED) is 0.719. The van der Waals surface area contributed by atoms with Gasteiger partial charge < -0.3 is 9.88 Å². The molecule has 0 unspecified atom stereocenters. The maximum atomic E-state index is 11.2. The van der Waals surface area contributed by atoms with Gasteiger partial charge in [0.2, 0.25) is 5.91 Å². The van der Waals surface area contributed by atoms with Gasteiger partial charge in [0, 0.05) is 24.0 Å². The maximum Gasteiger partial charge on any atom is 0.239 e. The van der Waals surface area contributed by atoms with Crippen LogP contribution in [0.25, 0.3) is 0 Å². The van der Waals surface area contributed by atoms with E-state index in [0.29, 0.717) is 5.56 Å². The van der Waals surface area contributed by atoms with Gasteiger partial charge >= 0.3 is 0 Å². The third-order valence-electron chi connectivity index (χ3n) is 2.32. The van der Waals surface area contributed by atoms with Gasteiger partial charge in [-0.1, -0.05) is 0 Å². The first-order valence-corrected chi connectivity index (χ1v) is 4.42. The molecule has 0 atom stereocenters. The molecule has 1 aromatic heterocycles. The summed E-state index contributed by atoms with van der Waals surface area (Å²) in [5.41, 5.74) is 2.40. The predicted octanol–water partition coefficient (Wildman–Crippen LogP) is 0.663. The number of amides is 1. The fraction of sp³-hybridized carbons (Fsp3) is 0.400. The van der Waals surface area contributed by atoms with Crippen molar-refractivity contribution in [2.75, 3.05) is 7.05 Å². The van der Waals surface area contributed by atoms with Crippen molar-refractivity contribution in [3.63, 3.8) is 0 Å². The number of nitrogens with one attached hydrogen (secondary N) is 1. The van der Waals surface area contributed by atoms with Crippen LogP contribution in [0.4, 0.5) is 0 Å². The number of hydrogen-bond donors (Lipinski definition) is 1. The summed E-state index contributed by atoms with van der Waals surface area (Å²) in [6.07, 6.45) is 0.808. The summed E-state index contributed by atoms with van der Waals surface area (Å²) in [5, 5.41) is 2.55. The highest BCUT2D eigenvalue weighted by Crippen LogP contribution is 2.12. The van der Waals surface area contributed by atoms with Crippen molar-refractivity contribution < 1.29 is 9.59 Å². The van der Waals surface area contributed by atoms with Crippen LogP contribution in [-0.4, -0.2) is 23.8 Å². The van der Waals surface area contributed by atoms with Crippen LogP contribution in [0.15, 0.2) is 6.07 Å². The predicted molar refractivity (Wildman–Crippen MR) is 53.4 cm³/mol. The molecule has 0 saturated carbocycles. The number of aldehydes is 1. The zero-order chi connectivity index (χ0) is 10.7. The first-order chi connectivity index (χ1) is 6.60. The van der Waals surface area contributed by atoms with Crippen LogP contribution in [-0.2, 0) is 11.3 Å².